The summed E-state index contributed by atoms with van der Waals surface area (Å²) in [7, 11) is 0. The smallest absolute Gasteiger partial charge is 0.142 e. The van der Waals surface area contributed by atoms with E-state index in [2.05, 4.69) is 46.9 Å². The third-order valence-electron chi connectivity index (χ3n) is 4.27. The highest BCUT2D eigenvalue weighted by molar-refractivity contribution is 9.10. The standard InChI is InChI=1S/C22H19BrFN3/c1-13(2)9-14-3-5-15(6-4-14)21-11-17(19(12-25)22(26)27-21)18-10-16(23)7-8-20(18)24/h3-8,10-11,13H,9H2,1-2H3,(H2,26,27). The quantitative estimate of drug-likeness (QED) is 0.561. The van der Waals surface area contributed by atoms with Crippen molar-refractivity contribution in [3.05, 3.63) is 69.9 Å². The van der Waals surface area contributed by atoms with Crippen molar-refractivity contribution in [2.75, 3.05) is 5.73 Å². The van der Waals surface area contributed by atoms with Gasteiger partial charge in [0.2, 0.25) is 0 Å². The summed E-state index contributed by atoms with van der Waals surface area (Å²) in [5.41, 5.74) is 9.67. The second-order valence-corrected chi connectivity index (χ2v) is 7.76. The van der Waals surface area contributed by atoms with Crippen LogP contribution in [0.1, 0.15) is 25.0 Å². The van der Waals surface area contributed by atoms with Gasteiger partial charge in [-0.15, -0.1) is 0 Å². The molecule has 3 aromatic rings. The molecule has 0 fully saturated rings. The molecule has 0 amide bonds. The van der Waals surface area contributed by atoms with Crippen LogP contribution in [0.5, 0.6) is 0 Å². The van der Waals surface area contributed by atoms with E-state index in [9.17, 15) is 9.65 Å². The van der Waals surface area contributed by atoms with Crippen LogP contribution in [0.2, 0.25) is 0 Å². The Morgan fingerprint density at radius 3 is 2.44 bits per heavy atom. The number of nitrogens with two attached hydrogens (primary N) is 1. The van der Waals surface area contributed by atoms with Crippen LogP contribution in [0.15, 0.2) is 53.0 Å². The summed E-state index contributed by atoms with van der Waals surface area (Å²) < 4.78 is 15.1. The minimum absolute atomic E-state index is 0.0932. The summed E-state index contributed by atoms with van der Waals surface area (Å²) in [6.45, 7) is 4.35. The van der Waals surface area contributed by atoms with Gasteiger partial charge in [0.05, 0.1) is 5.69 Å². The predicted octanol–water partition coefficient (Wildman–Crippen LogP) is 5.97. The van der Waals surface area contributed by atoms with Crippen LogP contribution >= 0.6 is 15.9 Å². The molecule has 0 unspecified atom stereocenters. The molecule has 0 saturated heterocycles. The summed E-state index contributed by atoms with van der Waals surface area (Å²) in [6, 6.07) is 16.5. The zero-order valence-electron chi connectivity index (χ0n) is 15.1. The predicted molar refractivity (Wildman–Crippen MR) is 110 cm³/mol. The van der Waals surface area contributed by atoms with Gasteiger partial charge in [-0.1, -0.05) is 54.0 Å². The van der Waals surface area contributed by atoms with Gasteiger partial charge in [0.1, 0.15) is 23.3 Å². The number of nitrogens with zero attached hydrogens (tertiary/aromatic N) is 2. The average Bonchev–Trinajstić information content (AvgIpc) is 2.63. The first kappa shape index (κ1) is 19.1. The average molecular weight is 424 g/mol. The Hall–Kier alpha value is -2.71. The fraction of sp³-hybridized carbons (Fsp3) is 0.182. The highest BCUT2D eigenvalue weighted by Crippen LogP contribution is 2.34. The van der Waals surface area contributed by atoms with Gasteiger partial charge in [0.25, 0.3) is 0 Å². The van der Waals surface area contributed by atoms with Crippen molar-refractivity contribution in [3.8, 4) is 28.5 Å². The van der Waals surface area contributed by atoms with Crippen molar-refractivity contribution in [1.29, 1.82) is 5.26 Å². The molecular weight excluding hydrogens is 405 g/mol. The maximum atomic E-state index is 14.4. The molecule has 1 aromatic heterocycles. The zero-order chi connectivity index (χ0) is 19.6. The van der Waals surface area contributed by atoms with Gasteiger partial charge >= 0.3 is 0 Å². The summed E-state index contributed by atoms with van der Waals surface area (Å²) in [6.07, 6.45) is 0.998. The monoisotopic (exact) mass is 423 g/mol. The number of aromatic nitrogens is 1. The fourth-order valence-corrected chi connectivity index (χ4v) is 3.39. The molecule has 0 radical (unpaired) electrons. The van der Waals surface area contributed by atoms with E-state index in [-0.39, 0.29) is 11.4 Å². The normalized spacial score (nSPS) is 10.8. The first-order chi connectivity index (χ1) is 12.9. The molecule has 2 N–H and O–H groups in total. The van der Waals surface area contributed by atoms with Crippen molar-refractivity contribution in [2.45, 2.75) is 20.3 Å². The Kier molecular flexibility index (Phi) is 5.57. The maximum absolute atomic E-state index is 14.4. The Morgan fingerprint density at radius 1 is 1.11 bits per heavy atom. The lowest BCUT2D eigenvalue weighted by Gasteiger charge is -2.12. The molecule has 27 heavy (non-hydrogen) atoms. The van der Waals surface area contributed by atoms with Gasteiger partial charge in [-0.2, -0.15) is 5.26 Å². The molecule has 3 nitrogen and oxygen atoms in total. The topological polar surface area (TPSA) is 62.7 Å². The van der Waals surface area contributed by atoms with Gasteiger partial charge < -0.3 is 5.73 Å². The second kappa shape index (κ2) is 7.89. The number of rotatable bonds is 4. The van der Waals surface area contributed by atoms with Crippen LogP contribution in [0, 0.1) is 23.1 Å². The molecular formula is C22H19BrFN3. The highest BCUT2D eigenvalue weighted by atomic mass is 79.9. The first-order valence-corrected chi connectivity index (χ1v) is 9.43. The van der Waals surface area contributed by atoms with Crippen LogP contribution in [-0.4, -0.2) is 4.98 Å². The highest BCUT2D eigenvalue weighted by Gasteiger charge is 2.16. The van der Waals surface area contributed by atoms with E-state index in [1.54, 1.807) is 18.2 Å². The number of nitriles is 1. The van der Waals surface area contributed by atoms with Gasteiger partial charge in [-0.05, 0) is 42.2 Å². The van der Waals surface area contributed by atoms with E-state index in [4.69, 9.17) is 5.73 Å². The lowest BCUT2D eigenvalue weighted by Crippen LogP contribution is -2.01. The lowest BCUT2D eigenvalue weighted by molar-refractivity contribution is 0.631. The Bertz CT molecular complexity index is 1020. The number of anilines is 1. The molecule has 0 saturated carbocycles. The van der Waals surface area contributed by atoms with Crippen LogP contribution in [-0.2, 0) is 6.42 Å². The van der Waals surface area contributed by atoms with E-state index in [0.717, 1.165) is 16.5 Å². The molecule has 0 aliphatic rings. The van der Waals surface area contributed by atoms with Crippen LogP contribution in [0.3, 0.4) is 0 Å². The SMILES string of the molecule is CC(C)Cc1ccc(-c2cc(-c3cc(Br)ccc3F)c(C#N)c(N)n2)cc1. The van der Waals surface area contributed by atoms with E-state index < -0.39 is 5.82 Å². The summed E-state index contributed by atoms with van der Waals surface area (Å²) >= 11 is 3.35. The molecule has 136 valence electrons. The molecule has 0 bridgehead atoms. The molecule has 5 heteroatoms. The van der Waals surface area contributed by atoms with Gasteiger partial charge in [0.15, 0.2) is 0 Å². The van der Waals surface area contributed by atoms with Crippen molar-refractivity contribution in [1.82, 2.24) is 4.98 Å². The van der Waals surface area contributed by atoms with Gasteiger partial charge in [-0.25, -0.2) is 9.37 Å². The number of pyridine rings is 1. The molecule has 3 rings (SSSR count). The summed E-state index contributed by atoms with van der Waals surface area (Å²) in [4.78, 5) is 4.36. The van der Waals surface area contributed by atoms with Crippen LogP contribution in [0.4, 0.5) is 10.2 Å². The molecule has 1 heterocycles. The number of hydrogen-bond donors (Lipinski definition) is 1. The second-order valence-electron chi connectivity index (χ2n) is 6.85. The first-order valence-electron chi connectivity index (χ1n) is 8.64. The van der Waals surface area contributed by atoms with Crippen molar-refractivity contribution in [2.24, 2.45) is 5.92 Å². The van der Waals surface area contributed by atoms with E-state index in [0.29, 0.717) is 22.7 Å². The number of hydrogen-bond acceptors (Lipinski definition) is 3. The third-order valence-corrected chi connectivity index (χ3v) is 4.76. The molecule has 2 aromatic carbocycles. The largest absolute Gasteiger partial charge is 0.383 e. The lowest BCUT2D eigenvalue weighted by atomic mass is 9.97. The Morgan fingerprint density at radius 2 is 1.81 bits per heavy atom. The summed E-state index contributed by atoms with van der Waals surface area (Å²) in [5.74, 6) is 0.250. The molecule has 0 aliphatic carbocycles. The minimum Gasteiger partial charge on any atom is -0.383 e. The van der Waals surface area contributed by atoms with Crippen LogP contribution < -0.4 is 5.73 Å². The van der Waals surface area contributed by atoms with Crippen LogP contribution in [0.25, 0.3) is 22.4 Å². The van der Waals surface area contributed by atoms with E-state index in [1.807, 2.05) is 18.2 Å². The number of benzene rings is 2. The number of nitrogen functional groups attached to an aromatic ring is 1. The summed E-state index contributed by atoms with van der Waals surface area (Å²) in [5, 5.41) is 9.50. The maximum Gasteiger partial charge on any atom is 0.142 e. The molecule has 0 aliphatic heterocycles. The van der Waals surface area contributed by atoms with Crippen molar-refractivity contribution >= 4 is 21.7 Å². The fourth-order valence-electron chi connectivity index (χ4n) is 3.03. The molecule has 0 spiro atoms. The van der Waals surface area contributed by atoms with Crippen molar-refractivity contribution < 1.29 is 4.39 Å². The van der Waals surface area contributed by atoms with Gasteiger partial charge in [0, 0.05) is 21.2 Å². The van der Waals surface area contributed by atoms with E-state index in [1.165, 1.54) is 11.6 Å². The number of halogens is 2. The Labute approximate surface area is 166 Å². The van der Waals surface area contributed by atoms with Gasteiger partial charge in [-0.3, -0.25) is 0 Å². The van der Waals surface area contributed by atoms with Crippen molar-refractivity contribution in [3.63, 3.8) is 0 Å². The zero-order valence-corrected chi connectivity index (χ0v) is 16.7. The third kappa shape index (κ3) is 4.17. The Balaban J connectivity index is 2.12. The van der Waals surface area contributed by atoms with E-state index >= 15 is 0 Å². The minimum atomic E-state index is -0.418. The molecule has 0 atom stereocenters.